The van der Waals surface area contributed by atoms with Gasteiger partial charge in [-0.15, -0.1) is 0 Å². The van der Waals surface area contributed by atoms with Crippen molar-refractivity contribution in [2.45, 2.75) is 51.6 Å². The van der Waals surface area contributed by atoms with Crippen LogP contribution in [0.5, 0.6) is 0 Å². The van der Waals surface area contributed by atoms with Gasteiger partial charge in [0.25, 0.3) is 0 Å². The zero-order valence-corrected chi connectivity index (χ0v) is 9.83. The van der Waals surface area contributed by atoms with E-state index in [1.54, 1.807) is 0 Å². The molecule has 0 radical (unpaired) electrons. The Morgan fingerprint density at radius 2 is 2.13 bits per heavy atom. The van der Waals surface area contributed by atoms with Crippen LogP contribution in [-0.2, 0) is 4.79 Å². The molecule has 0 aromatic carbocycles. The topological polar surface area (TPSA) is 32.3 Å². The molecule has 3 nitrogen and oxygen atoms in total. The van der Waals surface area contributed by atoms with Gasteiger partial charge in [0, 0.05) is 26.0 Å². The largest absolute Gasteiger partial charge is 0.352 e. The fraction of sp³-hybridized carbons (Fsp3) is 0.917. The minimum Gasteiger partial charge on any atom is -0.352 e. The molecule has 15 heavy (non-hydrogen) atoms. The molecular weight excluding hydrogens is 188 g/mol. The van der Waals surface area contributed by atoms with Crippen molar-refractivity contribution in [1.82, 2.24) is 10.2 Å². The molecule has 1 amide bonds. The Balaban J connectivity index is 0.00000128. The molecule has 1 atom stereocenters. The van der Waals surface area contributed by atoms with E-state index in [0.717, 1.165) is 19.0 Å². The molecule has 88 valence electrons. The van der Waals surface area contributed by atoms with Crippen LogP contribution in [0.15, 0.2) is 0 Å². The van der Waals surface area contributed by atoms with Crippen LogP contribution in [0, 0.1) is 5.92 Å². The summed E-state index contributed by atoms with van der Waals surface area (Å²) in [6.07, 6.45) is 5.12. The first-order valence-corrected chi connectivity index (χ1v) is 6.21. The van der Waals surface area contributed by atoms with Gasteiger partial charge in [-0.3, -0.25) is 9.69 Å². The van der Waals surface area contributed by atoms with Crippen molar-refractivity contribution in [3.05, 3.63) is 0 Å². The number of hydrogen-bond acceptors (Lipinski definition) is 2. The summed E-state index contributed by atoms with van der Waals surface area (Å²) in [6.45, 7) is 6.22. The zero-order chi connectivity index (χ0) is 10.8. The average Bonchev–Trinajstić information content (AvgIpc) is 3.01. The Labute approximate surface area is 93.7 Å². The summed E-state index contributed by atoms with van der Waals surface area (Å²) in [5.74, 6) is 0.318. The fourth-order valence-corrected chi connectivity index (χ4v) is 2.26. The molecule has 1 saturated heterocycles. The average molecular weight is 212 g/mol. The van der Waals surface area contributed by atoms with Crippen LogP contribution in [0.25, 0.3) is 0 Å². The highest BCUT2D eigenvalue weighted by Crippen LogP contribution is 2.29. The summed E-state index contributed by atoms with van der Waals surface area (Å²) in [7, 11) is 0. The molecule has 1 unspecified atom stereocenters. The van der Waals surface area contributed by atoms with Crippen molar-refractivity contribution >= 4 is 5.91 Å². The van der Waals surface area contributed by atoms with E-state index in [9.17, 15) is 4.79 Å². The number of amides is 1. The Morgan fingerprint density at radius 3 is 2.73 bits per heavy atom. The fourth-order valence-electron chi connectivity index (χ4n) is 2.26. The smallest absolute Gasteiger partial charge is 0.222 e. The maximum atomic E-state index is 11.6. The first-order chi connectivity index (χ1) is 7.16. The van der Waals surface area contributed by atoms with Crippen molar-refractivity contribution in [3.63, 3.8) is 0 Å². The molecule has 1 aliphatic heterocycles. The summed E-state index contributed by atoms with van der Waals surface area (Å²) in [5, 5.41) is 3.15. The number of piperidine rings is 1. The van der Waals surface area contributed by atoms with E-state index in [0.29, 0.717) is 6.04 Å². The molecule has 1 heterocycles. The minimum atomic E-state index is 0. The van der Waals surface area contributed by atoms with Gasteiger partial charge in [-0.1, -0.05) is 13.8 Å². The van der Waals surface area contributed by atoms with E-state index < -0.39 is 0 Å². The maximum Gasteiger partial charge on any atom is 0.222 e. The van der Waals surface area contributed by atoms with Crippen LogP contribution in [0.2, 0.25) is 0 Å². The van der Waals surface area contributed by atoms with Crippen LogP contribution >= 0.6 is 0 Å². The molecule has 2 aliphatic rings. The highest BCUT2D eigenvalue weighted by atomic mass is 16.1. The van der Waals surface area contributed by atoms with E-state index in [1.165, 1.54) is 25.8 Å². The number of hydrogen-bond donors (Lipinski definition) is 1. The van der Waals surface area contributed by atoms with Gasteiger partial charge in [-0.05, 0) is 32.2 Å². The quantitative estimate of drug-likeness (QED) is 0.771. The maximum absolute atomic E-state index is 11.6. The molecule has 0 bridgehead atoms. The van der Waals surface area contributed by atoms with E-state index in [1.807, 2.05) is 13.8 Å². The van der Waals surface area contributed by atoms with Crippen molar-refractivity contribution in [2.24, 2.45) is 5.92 Å². The lowest BCUT2D eigenvalue weighted by molar-refractivity contribution is -0.125. The van der Waals surface area contributed by atoms with E-state index in [2.05, 4.69) is 10.2 Å². The number of nitrogens with one attached hydrogen (secondary N) is 1. The standard InChI is InChI=1S/C12H22N2O.H2/c1-9(2)12(15)13-10-4-3-7-14(8-10)11-5-6-11;/h9-11H,3-8H2,1-2H3,(H,13,15);1H. The first kappa shape index (κ1) is 10.9. The van der Waals surface area contributed by atoms with E-state index in [4.69, 9.17) is 0 Å². The second kappa shape index (κ2) is 4.52. The van der Waals surface area contributed by atoms with Crippen molar-refractivity contribution in [3.8, 4) is 0 Å². The van der Waals surface area contributed by atoms with Gasteiger partial charge in [0.2, 0.25) is 5.91 Å². The highest BCUT2D eigenvalue weighted by molar-refractivity contribution is 5.78. The van der Waals surface area contributed by atoms with Crippen LogP contribution in [0.3, 0.4) is 0 Å². The van der Waals surface area contributed by atoms with Crippen LogP contribution < -0.4 is 5.32 Å². The van der Waals surface area contributed by atoms with Gasteiger partial charge in [-0.25, -0.2) is 0 Å². The third-order valence-corrected chi connectivity index (χ3v) is 3.39. The van der Waals surface area contributed by atoms with Crippen LogP contribution in [-0.4, -0.2) is 36.0 Å². The van der Waals surface area contributed by atoms with Gasteiger partial charge in [0.05, 0.1) is 0 Å². The van der Waals surface area contributed by atoms with Gasteiger partial charge in [0.15, 0.2) is 0 Å². The molecule has 2 rings (SSSR count). The van der Waals surface area contributed by atoms with Crippen LogP contribution in [0.1, 0.15) is 41.0 Å². The summed E-state index contributed by atoms with van der Waals surface area (Å²) < 4.78 is 0. The lowest BCUT2D eigenvalue weighted by Gasteiger charge is -2.33. The molecule has 2 fully saturated rings. The molecule has 3 heteroatoms. The highest BCUT2D eigenvalue weighted by Gasteiger charge is 2.32. The van der Waals surface area contributed by atoms with E-state index >= 15 is 0 Å². The Bertz CT molecular complexity index is 241. The monoisotopic (exact) mass is 212 g/mol. The predicted octanol–water partition coefficient (Wildman–Crippen LogP) is 1.63. The Hall–Kier alpha value is -0.570. The second-order valence-corrected chi connectivity index (χ2v) is 5.23. The Morgan fingerprint density at radius 1 is 1.40 bits per heavy atom. The van der Waals surface area contributed by atoms with Gasteiger partial charge in [-0.2, -0.15) is 0 Å². The van der Waals surface area contributed by atoms with E-state index in [-0.39, 0.29) is 13.3 Å². The minimum absolute atomic E-state index is 0. The molecule has 0 aromatic rings. The normalized spacial score (nSPS) is 28.1. The number of likely N-dealkylation sites (tertiary alicyclic amines) is 1. The van der Waals surface area contributed by atoms with Gasteiger partial charge < -0.3 is 5.32 Å². The predicted molar refractivity (Wildman–Crippen MR) is 62.7 cm³/mol. The zero-order valence-electron chi connectivity index (χ0n) is 9.83. The lowest BCUT2D eigenvalue weighted by atomic mass is 10.0. The van der Waals surface area contributed by atoms with Gasteiger partial charge in [0.1, 0.15) is 0 Å². The van der Waals surface area contributed by atoms with Gasteiger partial charge >= 0.3 is 0 Å². The third kappa shape index (κ3) is 2.94. The molecule has 1 aliphatic carbocycles. The summed E-state index contributed by atoms with van der Waals surface area (Å²) in [4.78, 5) is 14.1. The number of nitrogens with zero attached hydrogens (tertiary/aromatic N) is 1. The second-order valence-electron chi connectivity index (χ2n) is 5.23. The number of carbonyl (C=O) groups excluding carboxylic acids is 1. The third-order valence-electron chi connectivity index (χ3n) is 3.39. The Kier molecular flexibility index (Phi) is 3.29. The molecule has 1 saturated carbocycles. The SMILES string of the molecule is CC(C)C(=O)NC1CCCN(C2CC2)C1.[HH]. The lowest BCUT2D eigenvalue weighted by Crippen LogP contribution is -2.49. The molecule has 0 spiro atoms. The van der Waals surface area contributed by atoms with Crippen molar-refractivity contribution in [2.75, 3.05) is 13.1 Å². The van der Waals surface area contributed by atoms with Crippen molar-refractivity contribution in [1.29, 1.82) is 0 Å². The summed E-state index contributed by atoms with van der Waals surface area (Å²) in [5.41, 5.74) is 0. The summed E-state index contributed by atoms with van der Waals surface area (Å²) >= 11 is 0. The molecular formula is C12H24N2O. The number of carbonyl (C=O) groups is 1. The molecule has 1 N–H and O–H groups in total. The first-order valence-electron chi connectivity index (χ1n) is 6.21. The van der Waals surface area contributed by atoms with Crippen molar-refractivity contribution < 1.29 is 6.22 Å². The number of rotatable bonds is 3. The molecule has 0 aromatic heterocycles. The van der Waals surface area contributed by atoms with Crippen LogP contribution in [0.4, 0.5) is 0 Å². The summed E-state index contributed by atoms with van der Waals surface area (Å²) in [6, 6.07) is 1.23.